The molecule has 0 radical (unpaired) electrons. The summed E-state index contributed by atoms with van der Waals surface area (Å²) >= 11 is 1.37. The zero-order chi connectivity index (χ0) is 16.5. The van der Waals surface area contributed by atoms with Crippen molar-refractivity contribution in [2.45, 2.75) is 18.7 Å². The van der Waals surface area contributed by atoms with Crippen molar-refractivity contribution in [3.8, 4) is 0 Å². The molecule has 2 aromatic heterocycles. The number of amides is 1. The summed E-state index contributed by atoms with van der Waals surface area (Å²) in [5, 5.41) is 19.3. The Kier molecular flexibility index (Phi) is 4.30. The average molecular weight is 333 g/mol. The van der Waals surface area contributed by atoms with Crippen LogP contribution in [-0.4, -0.2) is 27.3 Å². The van der Waals surface area contributed by atoms with Crippen LogP contribution in [0.15, 0.2) is 23.0 Å². The van der Waals surface area contributed by atoms with E-state index < -0.39 is 28.9 Å². The van der Waals surface area contributed by atoms with E-state index in [9.17, 15) is 23.1 Å². The van der Waals surface area contributed by atoms with Gasteiger partial charge in [0.2, 0.25) is 0 Å². The number of halogens is 3. The van der Waals surface area contributed by atoms with E-state index in [-0.39, 0.29) is 6.54 Å². The van der Waals surface area contributed by atoms with E-state index in [2.05, 4.69) is 10.4 Å². The third-order valence-corrected chi connectivity index (χ3v) is 3.76. The molecule has 5 nitrogen and oxygen atoms in total. The first kappa shape index (κ1) is 16.5. The first-order valence-electron chi connectivity index (χ1n) is 6.25. The lowest BCUT2D eigenvalue weighted by molar-refractivity contribution is -0.141. The number of alkyl halides is 3. The van der Waals surface area contributed by atoms with Gasteiger partial charge in [0.25, 0.3) is 5.91 Å². The maximum atomic E-state index is 12.8. The number of aryl methyl sites for hydroxylation is 1. The van der Waals surface area contributed by atoms with Crippen LogP contribution in [0.25, 0.3) is 0 Å². The monoisotopic (exact) mass is 333 g/mol. The molecule has 22 heavy (non-hydrogen) atoms. The Hall–Kier alpha value is -1.87. The molecule has 1 amide bonds. The lowest BCUT2D eigenvalue weighted by Gasteiger charge is -2.22. The molecule has 0 bridgehead atoms. The van der Waals surface area contributed by atoms with Gasteiger partial charge in [-0.15, -0.1) is 0 Å². The molecule has 1 atom stereocenters. The number of thiophene rings is 1. The van der Waals surface area contributed by atoms with Crippen molar-refractivity contribution in [1.29, 1.82) is 0 Å². The summed E-state index contributed by atoms with van der Waals surface area (Å²) in [5.74, 6) is -0.934. The minimum Gasteiger partial charge on any atom is -0.384 e. The van der Waals surface area contributed by atoms with E-state index in [1.807, 2.05) is 0 Å². The number of nitrogens with one attached hydrogen (secondary N) is 1. The normalized spacial score (nSPS) is 14.6. The van der Waals surface area contributed by atoms with Gasteiger partial charge in [-0.3, -0.25) is 9.48 Å². The van der Waals surface area contributed by atoms with Crippen LogP contribution < -0.4 is 5.32 Å². The predicted molar refractivity (Wildman–Crippen MR) is 74.4 cm³/mol. The Morgan fingerprint density at radius 2 is 2.18 bits per heavy atom. The number of aliphatic hydroxyl groups is 1. The third kappa shape index (κ3) is 3.47. The fraction of sp³-hybridized carbons (Fsp3) is 0.385. The molecule has 2 rings (SSSR count). The van der Waals surface area contributed by atoms with Crippen molar-refractivity contribution in [2.75, 3.05) is 6.54 Å². The molecule has 0 aliphatic heterocycles. The number of carbonyl (C=O) groups is 1. The van der Waals surface area contributed by atoms with Gasteiger partial charge in [-0.1, -0.05) is 0 Å². The fourth-order valence-electron chi connectivity index (χ4n) is 1.88. The van der Waals surface area contributed by atoms with Gasteiger partial charge in [0.05, 0.1) is 12.1 Å². The van der Waals surface area contributed by atoms with Crippen molar-refractivity contribution < 1.29 is 23.1 Å². The molecular formula is C13H14F3N3O2S. The molecule has 1 unspecified atom stereocenters. The first-order chi connectivity index (χ1) is 10.1. The minimum absolute atomic E-state index is 0.214. The second-order valence-electron chi connectivity index (χ2n) is 5.03. The SMILES string of the molecule is Cn1cc(C(=O)NCC(C)(O)c2ccsc2)c(C(F)(F)F)n1. The van der Waals surface area contributed by atoms with E-state index in [0.717, 1.165) is 10.9 Å². The van der Waals surface area contributed by atoms with E-state index in [4.69, 9.17) is 0 Å². The highest BCUT2D eigenvalue weighted by atomic mass is 32.1. The molecule has 0 saturated carbocycles. The molecule has 0 aliphatic carbocycles. The van der Waals surface area contributed by atoms with Crippen LogP contribution in [0.2, 0.25) is 0 Å². The summed E-state index contributed by atoms with van der Waals surface area (Å²) < 4.78 is 39.4. The van der Waals surface area contributed by atoms with Gasteiger partial charge in [-0.25, -0.2) is 0 Å². The van der Waals surface area contributed by atoms with Crippen molar-refractivity contribution in [3.63, 3.8) is 0 Å². The van der Waals surface area contributed by atoms with E-state index in [1.54, 1.807) is 16.8 Å². The molecule has 2 aromatic rings. The summed E-state index contributed by atoms with van der Waals surface area (Å²) in [6, 6.07) is 1.68. The number of carbonyl (C=O) groups excluding carboxylic acids is 1. The largest absolute Gasteiger partial charge is 0.435 e. The van der Waals surface area contributed by atoms with Gasteiger partial charge in [-0.2, -0.15) is 29.6 Å². The minimum atomic E-state index is -4.72. The number of rotatable bonds is 4. The van der Waals surface area contributed by atoms with Crippen LogP contribution in [0.3, 0.4) is 0 Å². The molecule has 2 heterocycles. The molecule has 0 aromatic carbocycles. The standard InChI is InChI=1S/C13H14F3N3O2S/c1-12(21,8-3-4-22-6-8)7-17-11(20)9-5-19(2)18-10(9)13(14,15)16/h3-6,21H,7H2,1-2H3,(H,17,20). The number of aromatic nitrogens is 2. The van der Waals surface area contributed by atoms with Gasteiger partial charge in [0.15, 0.2) is 5.69 Å². The third-order valence-electron chi connectivity index (χ3n) is 3.08. The molecular weight excluding hydrogens is 319 g/mol. The predicted octanol–water partition coefficient (Wildman–Crippen LogP) is 2.14. The molecule has 0 spiro atoms. The smallest absolute Gasteiger partial charge is 0.384 e. The van der Waals surface area contributed by atoms with Crippen LogP contribution in [0.4, 0.5) is 13.2 Å². The zero-order valence-electron chi connectivity index (χ0n) is 11.8. The Bertz CT molecular complexity index is 663. The van der Waals surface area contributed by atoms with Gasteiger partial charge < -0.3 is 10.4 Å². The van der Waals surface area contributed by atoms with Crippen LogP contribution in [0.1, 0.15) is 28.5 Å². The Labute approximate surface area is 128 Å². The lowest BCUT2D eigenvalue weighted by atomic mass is 9.99. The first-order valence-corrected chi connectivity index (χ1v) is 7.19. The Morgan fingerprint density at radius 1 is 1.50 bits per heavy atom. The highest BCUT2D eigenvalue weighted by molar-refractivity contribution is 7.08. The number of nitrogens with zero attached hydrogens (tertiary/aromatic N) is 2. The topological polar surface area (TPSA) is 67.2 Å². The second kappa shape index (κ2) is 5.73. The van der Waals surface area contributed by atoms with E-state index in [1.165, 1.54) is 25.3 Å². The van der Waals surface area contributed by atoms with E-state index in [0.29, 0.717) is 5.56 Å². The van der Waals surface area contributed by atoms with Crippen molar-refractivity contribution in [3.05, 3.63) is 39.8 Å². The quantitative estimate of drug-likeness (QED) is 0.901. The van der Waals surface area contributed by atoms with Gasteiger partial charge >= 0.3 is 6.18 Å². The van der Waals surface area contributed by atoms with Crippen molar-refractivity contribution >= 4 is 17.2 Å². The maximum absolute atomic E-state index is 12.8. The summed E-state index contributed by atoms with van der Waals surface area (Å²) in [5.41, 5.74) is -2.60. The molecule has 0 fully saturated rings. The second-order valence-corrected chi connectivity index (χ2v) is 5.81. The van der Waals surface area contributed by atoms with Gasteiger partial charge in [0.1, 0.15) is 5.60 Å². The van der Waals surface area contributed by atoms with Crippen molar-refractivity contribution in [1.82, 2.24) is 15.1 Å². The summed E-state index contributed by atoms with van der Waals surface area (Å²) in [4.78, 5) is 12.0. The highest BCUT2D eigenvalue weighted by Gasteiger charge is 2.39. The maximum Gasteiger partial charge on any atom is 0.435 e. The summed E-state index contributed by atoms with van der Waals surface area (Å²) in [6.07, 6.45) is -3.72. The Morgan fingerprint density at radius 3 is 2.73 bits per heavy atom. The van der Waals surface area contributed by atoms with Crippen molar-refractivity contribution in [2.24, 2.45) is 7.05 Å². The molecule has 0 saturated heterocycles. The average Bonchev–Trinajstić information content (AvgIpc) is 3.04. The van der Waals surface area contributed by atoms with Gasteiger partial charge in [0, 0.05) is 13.2 Å². The van der Waals surface area contributed by atoms with E-state index >= 15 is 0 Å². The van der Waals surface area contributed by atoms with Crippen LogP contribution in [0.5, 0.6) is 0 Å². The molecule has 2 N–H and O–H groups in total. The number of hydrogen-bond donors (Lipinski definition) is 2. The van der Waals surface area contributed by atoms with Crippen LogP contribution in [0, 0.1) is 0 Å². The summed E-state index contributed by atoms with van der Waals surface area (Å²) in [6.45, 7) is 1.26. The van der Waals surface area contributed by atoms with Crippen LogP contribution in [-0.2, 0) is 18.8 Å². The lowest BCUT2D eigenvalue weighted by Crippen LogP contribution is -2.38. The summed E-state index contributed by atoms with van der Waals surface area (Å²) in [7, 11) is 1.30. The van der Waals surface area contributed by atoms with Crippen LogP contribution >= 0.6 is 11.3 Å². The fourth-order valence-corrected chi connectivity index (χ4v) is 2.67. The number of hydrogen-bond acceptors (Lipinski definition) is 4. The van der Waals surface area contributed by atoms with Gasteiger partial charge in [-0.05, 0) is 29.3 Å². The Balaban J connectivity index is 2.14. The molecule has 120 valence electrons. The highest BCUT2D eigenvalue weighted by Crippen LogP contribution is 2.30. The molecule has 0 aliphatic rings. The molecule has 9 heteroatoms. The zero-order valence-corrected chi connectivity index (χ0v) is 12.6.